The summed E-state index contributed by atoms with van der Waals surface area (Å²) in [7, 11) is 0. The summed E-state index contributed by atoms with van der Waals surface area (Å²) in [5.74, 6) is -4.35. The second kappa shape index (κ2) is 17.2. The van der Waals surface area contributed by atoms with Gasteiger partial charge in [-0.3, -0.25) is 24.2 Å². The molecular formula is C31H41N9O6. The fourth-order valence-corrected chi connectivity index (χ4v) is 4.83. The predicted octanol–water partition coefficient (Wildman–Crippen LogP) is -0.861. The molecule has 0 saturated carbocycles. The zero-order valence-corrected chi connectivity index (χ0v) is 25.3. The van der Waals surface area contributed by atoms with Crippen molar-refractivity contribution in [1.29, 1.82) is 0 Å². The van der Waals surface area contributed by atoms with Gasteiger partial charge in [-0.15, -0.1) is 0 Å². The van der Waals surface area contributed by atoms with E-state index in [1.807, 2.05) is 54.6 Å². The molecule has 0 fully saturated rings. The second-order valence-electron chi connectivity index (χ2n) is 10.8. The SMILES string of the molecule is NC(=O)CCC(NC(=O)C(CCCN=C(N)N)NC(=O)C(Cc1c[nH]c2ccccc12)NC(=O)C(N)Cc1ccccc1)C(=O)O. The molecule has 0 saturated heterocycles. The molecule has 1 aromatic heterocycles. The molecule has 0 spiro atoms. The van der Waals surface area contributed by atoms with Crippen molar-refractivity contribution in [2.75, 3.05) is 6.54 Å². The molecule has 0 radical (unpaired) electrons. The van der Waals surface area contributed by atoms with Gasteiger partial charge in [-0.2, -0.15) is 0 Å². The van der Waals surface area contributed by atoms with Gasteiger partial charge in [0.2, 0.25) is 23.6 Å². The number of guanidine groups is 1. The van der Waals surface area contributed by atoms with E-state index < -0.39 is 53.8 Å². The Morgan fingerprint density at radius 3 is 2.09 bits per heavy atom. The maximum Gasteiger partial charge on any atom is 0.326 e. The van der Waals surface area contributed by atoms with Crippen LogP contribution in [0.4, 0.5) is 0 Å². The molecule has 4 atom stereocenters. The maximum atomic E-state index is 13.8. The van der Waals surface area contributed by atoms with Gasteiger partial charge in [-0.25, -0.2) is 4.79 Å². The number of aromatic nitrogens is 1. The van der Waals surface area contributed by atoms with Crippen molar-refractivity contribution >= 4 is 46.5 Å². The van der Waals surface area contributed by atoms with E-state index in [1.165, 1.54) is 0 Å². The van der Waals surface area contributed by atoms with Gasteiger partial charge in [0.1, 0.15) is 18.1 Å². The average Bonchev–Trinajstić information content (AvgIpc) is 3.42. The number of carbonyl (C=O) groups excluding carboxylic acids is 4. The van der Waals surface area contributed by atoms with E-state index >= 15 is 0 Å². The molecule has 1 heterocycles. The molecule has 3 rings (SSSR count). The van der Waals surface area contributed by atoms with Gasteiger partial charge in [0.05, 0.1) is 6.04 Å². The number of H-pyrrole nitrogens is 1. The number of nitrogens with two attached hydrogens (primary N) is 4. The Hall–Kier alpha value is -5.44. The number of primary amides is 1. The number of aliphatic imine (C=N–C) groups is 1. The molecule has 13 N–H and O–H groups in total. The van der Waals surface area contributed by atoms with Crippen molar-refractivity contribution in [1.82, 2.24) is 20.9 Å². The Kier molecular flexibility index (Phi) is 13.1. The zero-order chi connectivity index (χ0) is 33.6. The molecule has 46 heavy (non-hydrogen) atoms. The number of carbonyl (C=O) groups is 5. The van der Waals surface area contributed by atoms with Crippen LogP contribution in [0, 0.1) is 0 Å². The van der Waals surface area contributed by atoms with E-state index in [0.29, 0.717) is 0 Å². The third-order valence-electron chi connectivity index (χ3n) is 7.24. The molecule has 0 bridgehead atoms. The van der Waals surface area contributed by atoms with Crippen molar-refractivity contribution in [3.8, 4) is 0 Å². The van der Waals surface area contributed by atoms with Crippen molar-refractivity contribution in [3.05, 3.63) is 71.9 Å². The van der Waals surface area contributed by atoms with Gasteiger partial charge >= 0.3 is 5.97 Å². The van der Waals surface area contributed by atoms with Gasteiger partial charge in [0.15, 0.2) is 5.96 Å². The van der Waals surface area contributed by atoms with Crippen LogP contribution in [0.2, 0.25) is 0 Å². The summed E-state index contributed by atoms with van der Waals surface area (Å²) in [6.07, 6.45) is 1.76. The predicted molar refractivity (Wildman–Crippen MR) is 172 cm³/mol. The summed E-state index contributed by atoms with van der Waals surface area (Å²) in [4.78, 5) is 70.4. The Bertz CT molecular complexity index is 1540. The number of para-hydroxylation sites is 1. The smallest absolute Gasteiger partial charge is 0.326 e. The van der Waals surface area contributed by atoms with E-state index in [2.05, 4.69) is 25.9 Å². The summed E-state index contributed by atoms with van der Waals surface area (Å²) in [6.45, 7) is 0.135. The number of amides is 4. The molecule has 0 aliphatic rings. The summed E-state index contributed by atoms with van der Waals surface area (Å²) in [5, 5.41) is 18.2. The van der Waals surface area contributed by atoms with Gasteiger partial charge in [0.25, 0.3) is 0 Å². The zero-order valence-electron chi connectivity index (χ0n) is 25.3. The lowest BCUT2D eigenvalue weighted by Crippen LogP contribution is -2.57. The van der Waals surface area contributed by atoms with Crippen molar-refractivity contribution in [2.24, 2.45) is 27.9 Å². The molecule has 0 aliphatic carbocycles. The molecule has 0 aliphatic heterocycles. The highest BCUT2D eigenvalue weighted by Crippen LogP contribution is 2.19. The van der Waals surface area contributed by atoms with Gasteiger partial charge < -0.3 is 49.0 Å². The Morgan fingerprint density at radius 1 is 0.783 bits per heavy atom. The van der Waals surface area contributed by atoms with Gasteiger partial charge in [-0.1, -0.05) is 48.5 Å². The van der Waals surface area contributed by atoms with Crippen molar-refractivity contribution in [3.63, 3.8) is 0 Å². The molecule has 15 nitrogen and oxygen atoms in total. The third kappa shape index (κ3) is 10.9. The van der Waals surface area contributed by atoms with Crippen LogP contribution in [0.25, 0.3) is 10.9 Å². The van der Waals surface area contributed by atoms with E-state index in [1.54, 1.807) is 6.20 Å². The van der Waals surface area contributed by atoms with Gasteiger partial charge in [-0.05, 0) is 42.9 Å². The quantitative estimate of drug-likeness (QED) is 0.0477. The molecule has 246 valence electrons. The van der Waals surface area contributed by atoms with Crippen LogP contribution in [-0.2, 0) is 36.8 Å². The highest BCUT2D eigenvalue weighted by molar-refractivity contribution is 5.95. The number of aromatic amines is 1. The standard InChI is InChI=1S/C31H41N9O6/c32-21(15-18-7-2-1-3-8-18)27(42)40-25(16-19-17-37-22-10-5-4-9-20(19)22)29(44)38-23(11-6-14-36-31(34)35)28(43)39-24(30(45)46)12-13-26(33)41/h1-5,7-10,17,21,23-25,37H,6,11-16,32H2,(H2,33,41)(H,38,44)(H,39,43)(H,40,42)(H,45,46)(H4,34,35,36). The lowest BCUT2D eigenvalue weighted by molar-refractivity contribution is -0.142. The van der Waals surface area contributed by atoms with Crippen LogP contribution in [0.1, 0.15) is 36.8 Å². The number of fused-ring (bicyclic) bond motifs is 1. The molecule has 3 aromatic rings. The molecular weight excluding hydrogens is 594 g/mol. The number of nitrogens with one attached hydrogen (secondary N) is 4. The number of nitrogens with zero attached hydrogens (tertiary/aromatic N) is 1. The fourth-order valence-electron chi connectivity index (χ4n) is 4.83. The lowest BCUT2D eigenvalue weighted by atomic mass is 10.0. The molecule has 2 aromatic carbocycles. The minimum atomic E-state index is -1.44. The van der Waals surface area contributed by atoms with E-state index in [-0.39, 0.29) is 51.0 Å². The first-order valence-electron chi connectivity index (χ1n) is 14.8. The number of hydrogen-bond acceptors (Lipinski definition) is 7. The second-order valence-corrected chi connectivity index (χ2v) is 10.8. The van der Waals surface area contributed by atoms with Crippen LogP contribution in [-0.4, -0.2) is 76.4 Å². The summed E-state index contributed by atoms with van der Waals surface area (Å²) in [5.41, 5.74) is 24.6. The number of carboxylic acids is 1. The van der Waals surface area contributed by atoms with Crippen LogP contribution < -0.4 is 38.9 Å². The normalized spacial score (nSPS) is 13.5. The summed E-state index contributed by atoms with van der Waals surface area (Å²) >= 11 is 0. The number of benzene rings is 2. The first kappa shape index (κ1) is 35.0. The highest BCUT2D eigenvalue weighted by atomic mass is 16.4. The number of hydrogen-bond donors (Lipinski definition) is 9. The number of rotatable bonds is 18. The van der Waals surface area contributed by atoms with Crippen LogP contribution in [0.15, 0.2) is 65.8 Å². The third-order valence-corrected chi connectivity index (χ3v) is 7.24. The Labute approximate surface area is 265 Å². The Balaban J connectivity index is 1.84. The average molecular weight is 636 g/mol. The maximum absolute atomic E-state index is 13.8. The number of aliphatic carboxylic acids is 1. The lowest BCUT2D eigenvalue weighted by Gasteiger charge is -2.25. The van der Waals surface area contributed by atoms with Crippen LogP contribution in [0.5, 0.6) is 0 Å². The van der Waals surface area contributed by atoms with Crippen LogP contribution in [0.3, 0.4) is 0 Å². The van der Waals surface area contributed by atoms with Gasteiger partial charge in [0, 0.05) is 36.5 Å². The fraction of sp³-hybridized carbons (Fsp3) is 0.355. The minimum Gasteiger partial charge on any atom is -0.480 e. The summed E-state index contributed by atoms with van der Waals surface area (Å²) in [6, 6.07) is 11.8. The van der Waals surface area contributed by atoms with Crippen molar-refractivity contribution < 1.29 is 29.1 Å². The topological polar surface area (TPSA) is 274 Å². The first-order chi connectivity index (χ1) is 21.9. The molecule has 15 heteroatoms. The van der Waals surface area contributed by atoms with E-state index in [4.69, 9.17) is 22.9 Å². The monoisotopic (exact) mass is 635 g/mol. The largest absolute Gasteiger partial charge is 0.480 e. The van der Waals surface area contributed by atoms with E-state index in [0.717, 1.165) is 22.0 Å². The first-order valence-corrected chi connectivity index (χ1v) is 14.8. The summed E-state index contributed by atoms with van der Waals surface area (Å²) < 4.78 is 0. The highest BCUT2D eigenvalue weighted by Gasteiger charge is 2.31. The minimum absolute atomic E-state index is 0.0256. The molecule has 4 amide bonds. The number of carboxylic acid groups (broad SMARTS) is 1. The Morgan fingerprint density at radius 2 is 1.41 bits per heavy atom. The molecule has 4 unspecified atom stereocenters. The van der Waals surface area contributed by atoms with E-state index in [9.17, 15) is 29.1 Å². The van der Waals surface area contributed by atoms with Crippen LogP contribution >= 0.6 is 0 Å². The van der Waals surface area contributed by atoms with Crippen molar-refractivity contribution in [2.45, 2.75) is 62.7 Å².